The predicted octanol–water partition coefficient (Wildman–Crippen LogP) is 5.32. The Morgan fingerprint density at radius 3 is 2.46 bits per heavy atom. The lowest BCUT2D eigenvalue weighted by molar-refractivity contribution is -0.112. The standard InChI is InChI=1S/C18H13BrCl2N2O3/c1-25-16-6-10(13(19)8-17(16)26-2)5-11(9-22)18(24)23-15-7-12(20)3-4-14(15)21/h3-8H,1-2H3,(H,23,24)/b11-5+. The molecule has 2 aromatic rings. The lowest BCUT2D eigenvalue weighted by Gasteiger charge is -2.10. The minimum Gasteiger partial charge on any atom is -0.493 e. The lowest BCUT2D eigenvalue weighted by atomic mass is 10.1. The maximum absolute atomic E-state index is 12.4. The van der Waals surface area contributed by atoms with E-state index in [1.165, 1.54) is 26.4 Å². The summed E-state index contributed by atoms with van der Waals surface area (Å²) in [6.07, 6.45) is 1.43. The number of nitrogens with zero attached hydrogens (tertiary/aromatic N) is 1. The topological polar surface area (TPSA) is 71.3 Å². The number of nitriles is 1. The third-order valence-electron chi connectivity index (χ3n) is 3.34. The first-order chi connectivity index (χ1) is 12.4. The number of carbonyl (C=O) groups is 1. The van der Waals surface area contributed by atoms with Crippen LogP contribution in [0.5, 0.6) is 11.5 Å². The smallest absolute Gasteiger partial charge is 0.266 e. The molecule has 0 bridgehead atoms. The number of amides is 1. The van der Waals surface area contributed by atoms with Crippen LogP contribution in [0.15, 0.2) is 40.4 Å². The number of ether oxygens (including phenoxy) is 2. The molecule has 0 aliphatic carbocycles. The summed E-state index contributed by atoms with van der Waals surface area (Å²) in [7, 11) is 3.01. The van der Waals surface area contributed by atoms with Crippen molar-refractivity contribution in [3.8, 4) is 17.6 Å². The number of hydrogen-bond donors (Lipinski definition) is 1. The molecule has 8 heteroatoms. The Bertz CT molecular complexity index is 923. The Morgan fingerprint density at radius 1 is 1.19 bits per heavy atom. The molecule has 0 fully saturated rings. The van der Waals surface area contributed by atoms with Crippen molar-refractivity contribution in [3.05, 3.63) is 56.0 Å². The van der Waals surface area contributed by atoms with Crippen LogP contribution in [-0.4, -0.2) is 20.1 Å². The fourth-order valence-electron chi connectivity index (χ4n) is 2.07. The molecule has 26 heavy (non-hydrogen) atoms. The maximum Gasteiger partial charge on any atom is 0.266 e. The Labute approximate surface area is 169 Å². The highest BCUT2D eigenvalue weighted by atomic mass is 79.9. The Hall–Kier alpha value is -2.20. The van der Waals surface area contributed by atoms with Gasteiger partial charge in [-0.1, -0.05) is 39.1 Å². The zero-order valence-electron chi connectivity index (χ0n) is 13.8. The quantitative estimate of drug-likeness (QED) is 0.489. The van der Waals surface area contributed by atoms with Gasteiger partial charge in [0.05, 0.1) is 24.9 Å². The van der Waals surface area contributed by atoms with Crippen molar-refractivity contribution in [1.29, 1.82) is 5.26 Å². The van der Waals surface area contributed by atoms with Gasteiger partial charge < -0.3 is 14.8 Å². The summed E-state index contributed by atoms with van der Waals surface area (Å²) in [4.78, 5) is 12.4. The summed E-state index contributed by atoms with van der Waals surface area (Å²) in [6, 6.07) is 9.87. The molecular formula is C18H13BrCl2N2O3. The predicted molar refractivity (Wildman–Crippen MR) is 106 cm³/mol. The number of methoxy groups -OCH3 is 2. The van der Waals surface area contributed by atoms with E-state index in [-0.39, 0.29) is 5.57 Å². The first-order valence-corrected chi connectivity index (χ1v) is 8.74. The molecule has 0 aromatic heterocycles. The van der Waals surface area contributed by atoms with Gasteiger partial charge in [0.15, 0.2) is 11.5 Å². The molecule has 5 nitrogen and oxygen atoms in total. The number of benzene rings is 2. The summed E-state index contributed by atoms with van der Waals surface area (Å²) in [5.74, 6) is 0.376. The fourth-order valence-corrected chi connectivity index (χ4v) is 2.84. The van der Waals surface area contributed by atoms with Crippen molar-refractivity contribution < 1.29 is 14.3 Å². The van der Waals surface area contributed by atoms with E-state index in [1.807, 2.05) is 6.07 Å². The van der Waals surface area contributed by atoms with Gasteiger partial charge in [-0.3, -0.25) is 4.79 Å². The molecular weight excluding hydrogens is 443 g/mol. The number of anilines is 1. The minimum atomic E-state index is -0.613. The van der Waals surface area contributed by atoms with Gasteiger partial charge in [0, 0.05) is 9.50 Å². The molecule has 0 atom stereocenters. The number of rotatable bonds is 5. The number of nitrogens with one attached hydrogen (secondary N) is 1. The van der Waals surface area contributed by atoms with Crippen LogP contribution >= 0.6 is 39.1 Å². The van der Waals surface area contributed by atoms with Crippen LogP contribution in [0, 0.1) is 11.3 Å². The van der Waals surface area contributed by atoms with Crippen LogP contribution in [-0.2, 0) is 4.79 Å². The SMILES string of the molecule is COc1cc(Br)c(/C=C(\C#N)C(=O)Nc2cc(Cl)ccc2Cl)cc1OC. The molecule has 0 spiro atoms. The second-order valence-corrected chi connectivity index (χ2v) is 6.67. The summed E-state index contributed by atoms with van der Waals surface area (Å²) < 4.78 is 11.1. The number of halogens is 3. The summed E-state index contributed by atoms with van der Waals surface area (Å²) in [5, 5.41) is 12.7. The van der Waals surface area contributed by atoms with Gasteiger partial charge in [-0.05, 0) is 42.0 Å². The average Bonchev–Trinajstić information content (AvgIpc) is 2.63. The van der Waals surface area contributed by atoms with Crippen LogP contribution in [0.2, 0.25) is 10.0 Å². The van der Waals surface area contributed by atoms with Crippen molar-refractivity contribution in [2.45, 2.75) is 0 Å². The van der Waals surface area contributed by atoms with Gasteiger partial charge >= 0.3 is 0 Å². The molecule has 0 saturated heterocycles. The average molecular weight is 456 g/mol. The highest BCUT2D eigenvalue weighted by molar-refractivity contribution is 9.10. The highest BCUT2D eigenvalue weighted by Gasteiger charge is 2.14. The van der Waals surface area contributed by atoms with Crippen LogP contribution in [0.25, 0.3) is 6.08 Å². The number of carbonyl (C=O) groups excluding carboxylic acids is 1. The lowest BCUT2D eigenvalue weighted by Crippen LogP contribution is -2.13. The molecule has 0 saturated carbocycles. The van der Waals surface area contributed by atoms with Crippen LogP contribution < -0.4 is 14.8 Å². The van der Waals surface area contributed by atoms with Crippen LogP contribution in [0.3, 0.4) is 0 Å². The summed E-state index contributed by atoms with van der Waals surface area (Å²) in [5.41, 5.74) is 0.775. The zero-order valence-corrected chi connectivity index (χ0v) is 16.9. The summed E-state index contributed by atoms with van der Waals surface area (Å²) in [6.45, 7) is 0. The second-order valence-electron chi connectivity index (χ2n) is 4.98. The maximum atomic E-state index is 12.4. The second kappa shape index (κ2) is 8.95. The Morgan fingerprint density at radius 2 is 1.85 bits per heavy atom. The van der Waals surface area contributed by atoms with E-state index in [9.17, 15) is 10.1 Å². The van der Waals surface area contributed by atoms with E-state index in [0.717, 1.165) is 0 Å². The first-order valence-electron chi connectivity index (χ1n) is 7.19. The minimum absolute atomic E-state index is 0.117. The zero-order chi connectivity index (χ0) is 19.3. The molecule has 0 aliphatic heterocycles. The third kappa shape index (κ3) is 4.70. The summed E-state index contributed by atoms with van der Waals surface area (Å²) >= 11 is 15.3. The van der Waals surface area contributed by atoms with Crippen molar-refractivity contribution in [2.24, 2.45) is 0 Å². The van der Waals surface area contributed by atoms with Crippen molar-refractivity contribution in [2.75, 3.05) is 19.5 Å². The number of hydrogen-bond acceptors (Lipinski definition) is 4. The molecule has 2 aromatic carbocycles. The Balaban J connectivity index is 2.37. The molecule has 0 unspecified atom stereocenters. The normalized spacial score (nSPS) is 10.8. The van der Waals surface area contributed by atoms with Gasteiger partial charge in [0.25, 0.3) is 5.91 Å². The fraction of sp³-hybridized carbons (Fsp3) is 0.111. The van der Waals surface area contributed by atoms with E-state index in [4.69, 9.17) is 32.7 Å². The van der Waals surface area contributed by atoms with E-state index in [2.05, 4.69) is 21.2 Å². The van der Waals surface area contributed by atoms with Gasteiger partial charge in [-0.2, -0.15) is 5.26 Å². The van der Waals surface area contributed by atoms with Crippen LogP contribution in [0.4, 0.5) is 5.69 Å². The molecule has 134 valence electrons. The molecule has 2 rings (SSSR count). The molecule has 0 radical (unpaired) electrons. The third-order valence-corrected chi connectivity index (χ3v) is 4.60. The van der Waals surface area contributed by atoms with Gasteiger partial charge in [0.2, 0.25) is 0 Å². The van der Waals surface area contributed by atoms with E-state index < -0.39 is 5.91 Å². The van der Waals surface area contributed by atoms with E-state index >= 15 is 0 Å². The van der Waals surface area contributed by atoms with Gasteiger partial charge in [0.1, 0.15) is 11.6 Å². The van der Waals surface area contributed by atoms with Crippen LogP contribution in [0.1, 0.15) is 5.56 Å². The van der Waals surface area contributed by atoms with Crippen molar-refractivity contribution in [1.82, 2.24) is 0 Å². The van der Waals surface area contributed by atoms with Crippen molar-refractivity contribution >= 4 is 56.8 Å². The Kier molecular flexibility index (Phi) is 6.92. The van der Waals surface area contributed by atoms with Crippen molar-refractivity contribution in [3.63, 3.8) is 0 Å². The molecule has 1 amide bonds. The van der Waals surface area contributed by atoms with Gasteiger partial charge in [-0.25, -0.2) is 0 Å². The highest BCUT2D eigenvalue weighted by Crippen LogP contribution is 2.34. The first kappa shape index (κ1) is 20.1. The monoisotopic (exact) mass is 454 g/mol. The molecule has 0 aliphatic rings. The molecule has 1 N–H and O–H groups in total. The largest absolute Gasteiger partial charge is 0.493 e. The van der Waals surface area contributed by atoms with Gasteiger partial charge in [-0.15, -0.1) is 0 Å². The molecule has 0 heterocycles. The van der Waals surface area contributed by atoms with E-state index in [0.29, 0.717) is 37.3 Å². The van der Waals surface area contributed by atoms with E-state index in [1.54, 1.807) is 24.3 Å².